The zero-order valence-electron chi connectivity index (χ0n) is 27.4. The minimum atomic E-state index is -1.34. The van der Waals surface area contributed by atoms with Gasteiger partial charge in [0.1, 0.15) is 5.76 Å². The molecule has 0 spiro atoms. The van der Waals surface area contributed by atoms with Crippen molar-refractivity contribution in [2.75, 3.05) is 18.2 Å². The fourth-order valence-corrected chi connectivity index (χ4v) is 5.10. The van der Waals surface area contributed by atoms with E-state index in [4.69, 9.17) is 15.6 Å². The van der Waals surface area contributed by atoms with Crippen LogP contribution in [0.1, 0.15) is 85.6 Å². The van der Waals surface area contributed by atoms with E-state index < -0.39 is 10.3 Å². The molecule has 6 nitrogen and oxygen atoms in total. The molecule has 43 heavy (non-hydrogen) atoms. The maximum Gasteiger partial charge on any atom is 0.177 e. The van der Waals surface area contributed by atoms with Crippen LogP contribution in [0.3, 0.4) is 0 Å². The van der Waals surface area contributed by atoms with Crippen LogP contribution in [0.4, 0.5) is 5.82 Å². The summed E-state index contributed by atoms with van der Waals surface area (Å²) in [5.41, 5.74) is 9.14. The Hall–Kier alpha value is -3.16. The molecule has 0 amide bonds. The van der Waals surface area contributed by atoms with Gasteiger partial charge in [-0.05, 0) is 54.4 Å². The normalized spacial score (nSPS) is 15.7. The molecule has 7 heteroatoms. The third kappa shape index (κ3) is 8.70. The monoisotopic (exact) mass is 604 g/mol. The van der Waals surface area contributed by atoms with Crippen molar-refractivity contribution in [2.24, 2.45) is 11.8 Å². The summed E-state index contributed by atoms with van der Waals surface area (Å²) in [7, 11) is -1.34. The molecule has 4 aromatic rings. The number of furan rings is 1. The van der Waals surface area contributed by atoms with E-state index in [0.29, 0.717) is 17.2 Å². The molecule has 3 heterocycles. The lowest BCUT2D eigenvalue weighted by Crippen LogP contribution is -2.21. The number of anilines is 1. The average molecular weight is 605 g/mol. The van der Waals surface area contributed by atoms with Crippen LogP contribution >= 0.6 is 10.3 Å². The van der Waals surface area contributed by atoms with E-state index in [2.05, 4.69) is 44.6 Å². The van der Waals surface area contributed by atoms with Crippen molar-refractivity contribution >= 4 is 49.7 Å². The van der Waals surface area contributed by atoms with Gasteiger partial charge in [0.25, 0.3) is 0 Å². The summed E-state index contributed by atoms with van der Waals surface area (Å²) in [4.78, 5) is 8.39. The first-order valence-corrected chi connectivity index (χ1v) is 17.9. The largest absolute Gasteiger partial charge is 0.452 e. The zero-order valence-corrected chi connectivity index (χ0v) is 28.2. The predicted molar refractivity (Wildman–Crippen MR) is 189 cm³/mol. The number of nitrogens with one attached hydrogen (secondary N) is 1. The molecule has 234 valence electrons. The van der Waals surface area contributed by atoms with Crippen molar-refractivity contribution in [1.82, 2.24) is 9.97 Å². The van der Waals surface area contributed by atoms with Crippen LogP contribution in [0.25, 0.3) is 38.6 Å². The number of hydrogen-bond acceptors (Lipinski definition) is 6. The van der Waals surface area contributed by atoms with Crippen LogP contribution in [0.15, 0.2) is 59.4 Å². The Kier molecular flexibility index (Phi) is 12.0. The van der Waals surface area contributed by atoms with Crippen LogP contribution in [0.2, 0.25) is 0 Å². The molecule has 0 aliphatic heterocycles. The van der Waals surface area contributed by atoms with Gasteiger partial charge in [-0.15, -0.1) is 10.3 Å². The summed E-state index contributed by atoms with van der Waals surface area (Å²) >= 11 is 0. The van der Waals surface area contributed by atoms with Gasteiger partial charge < -0.3 is 20.1 Å². The fourth-order valence-electron chi connectivity index (χ4n) is 5.10. The molecule has 4 N–H and O–H groups in total. The summed E-state index contributed by atoms with van der Waals surface area (Å²) in [6.07, 6.45) is 21.2. The lowest BCUT2D eigenvalue weighted by Gasteiger charge is -2.38. The third-order valence-electron chi connectivity index (χ3n) is 8.91. The number of benzene rings is 1. The second-order valence-electron chi connectivity index (χ2n) is 12.9. The van der Waals surface area contributed by atoms with E-state index in [1.807, 2.05) is 62.0 Å². The first-order valence-electron chi connectivity index (χ1n) is 15.5. The number of hydrogen-bond donors (Lipinski definition) is 3. The van der Waals surface area contributed by atoms with Crippen LogP contribution in [-0.2, 0) is 0 Å². The Balaban J connectivity index is 0.000000232. The van der Waals surface area contributed by atoms with E-state index >= 15 is 0 Å². The van der Waals surface area contributed by atoms with Crippen molar-refractivity contribution < 1.29 is 8.97 Å². The molecular weight excluding hydrogens is 552 g/mol. The van der Waals surface area contributed by atoms with E-state index in [9.17, 15) is 4.55 Å². The first-order chi connectivity index (χ1) is 20.3. The smallest absolute Gasteiger partial charge is 0.177 e. The Morgan fingerprint density at radius 1 is 1.14 bits per heavy atom. The molecule has 0 saturated heterocycles. The minimum Gasteiger partial charge on any atom is -0.452 e. The van der Waals surface area contributed by atoms with Gasteiger partial charge in [0.05, 0.1) is 0 Å². The fraction of sp³-hybridized carbons (Fsp3) is 0.472. The highest BCUT2D eigenvalue weighted by Gasteiger charge is 2.24. The van der Waals surface area contributed by atoms with Crippen LogP contribution in [0, 0.1) is 17.2 Å². The van der Waals surface area contributed by atoms with Gasteiger partial charge in [0.2, 0.25) is 0 Å². The maximum absolute atomic E-state index is 9.44. The number of rotatable bonds is 5. The average Bonchev–Trinajstić information content (AvgIpc) is 3.44. The van der Waals surface area contributed by atoms with E-state index in [0.717, 1.165) is 44.7 Å². The number of aromatic nitrogens is 2. The molecule has 1 aliphatic rings. The SMILES string of the molecule is C/C=C(\C=N)c1cnc(N)c2oc(-c3cccc4cnccc34)cc12.CC(C)(C)S(C)(C)O.CCC(C)C1CCCCC1. The number of nitrogens with two attached hydrogens (primary N) is 1. The topological polar surface area (TPSA) is 109 Å². The molecule has 1 aromatic carbocycles. The van der Waals surface area contributed by atoms with Gasteiger partial charge in [-0.2, -0.15) is 0 Å². The molecule has 1 atom stereocenters. The molecular formula is C36H52N4O2S. The molecule has 1 aliphatic carbocycles. The molecule has 0 bridgehead atoms. The molecule has 1 saturated carbocycles. The summed E-state index contributed by atoms with van der Waals surface area (Å²) in [6.45, 7) is 12.8. The highest BCUT2D eigenvalue weighted by atomic mass is 32.3. The Morgan fingerprint density at radius 3 is 2.40 bits per heavy atom. The van der Waals surface area contributed by atoms with Gasteiger partial charge in [-0.3, -0.25) is 4.98 Å². The molecule has 1 unspecified atom stereocenters. The molecule has 1 fully saturated rings. The quantitative estimate of drug-likeness (QED) is 0.196. The van der Waals surface area contributed by atoms with Gasteiger partial charge in [0, 0.05) is 51.5 Å². The van der Waals surface area contributed by atoms with Crippen molar-refractivity contribution in [1.29, 1.82) is 5.41 Å². The number of allylic oxidation sites excluding steroid dienone is 2. The van der Waals surface area contributed by atoms with Gasteiger partial charge in [-0.1, -0.05) is 97.4 Å². The van der Waals surface area contributed by atoms with Crippen molar-refractivity contribution in [2.45, 2.75) is 84.8 Å². The number of pyridine rings is 2. The lowest BCUT2D eigenvalue weighted by molar-refractivity contribution is 0.258. The summed E-state index contributed by atoms with van der Waals surface area (Å²) in [5.74, 6) is 3.11. The standard InChI is InChI=1S/C20H16N4O.C10H20.C6H16OS/c1-2-12(9-21)17-11-24-20(22)19-16(17)8-18(25-19)15-5-3-4-13-10-23-7-6-14(13)15;1-3-9(2)10-7-5-4-6-8-10;1-6(2,3)8(4,5)7/h2-11,21H,1H3,(H2,22,24);9-10H,3-8H2,1-2H3;7H,1-5H3/b12-2+,21-9?;;. The summed E-state index contributed by atoms with van der Waals surface area (Å²) in [5, 5.41) is 10.6. The second-order valence-corrected chi connectivity index (χ2v) is 16.6. The third-order valence-corrected chi connectivity index (χ3v) is 11.9. The Morgan fingerprint density at radius 2 is 1.81 bits per heavy atom. The Labute approximate surface area is 260 Å². The van der Waals surface area contributed by atoms with E-state index in [-0.39, 0.29) is 4.75 Å². The van der Waals surface area contributed by atoms with E-state index in [1.54, 1.807) is 12.4 Å². The number of nitrogen functional groups attached to an aromatic ring is 1. The maximum atomic E-state index is 9.44. The second kappa shape index (κ2) is 15.0. The van der Waals surface area contributed by atoms with Crippen LogP contribution in [0.5, 0.6) is 0 Å². The zero-order chi connectivity index (χ0) is 31.8. The molecule has 5 rings (SSSR count). The van der Waals surface area contributed by atoms with E-state index in [1.165, 1.54) is 44.7 Å². The molecule has 0 radical (unpaired) electrons. The summed E-state index contributed by atoms with van der Waals surface area (Å²) in [6, 6.07) is 9.93. The van der Waals surface area contributed by atoms with Crippen molar-refractivity contribution in [3.63, 3.8) is 0 Å². The minimum absolute atomic E-state index is 0.0764. The summed E-state index contributed by atoms with van der Waals surface area (Å²) < 4.78 is 15.6. The lowest BCUT2D eigenvalue weighted by atomic mass is 9.80. The van der Waals surface area contributed by atoms with Gasteiger partial charge in [0.15, 0.2) is 11.4 Å². The van der Waals surface area contributed by atoms with Crippen molar-refractivity contribution in [3.05, 3.63) is 60.6 Å². The molecule has 3 aromatic heterocycles. The highest BCUT2D eigenvalue weighted by molar-refractivity contribution is 8.29. The Bertz CT molecular complexity index is 1500. The van der Waals surface area contributed by atoms with Crippen molar-refractivity contribution in [3.8, 4) is 11.3 Å². The predicted octanol–water partition coefficient (Wildman–Crippen LogP) is 10.6. The van der Waals surface area contributed by atoms with Gasteiger partial charge in [-0.25, -0.2) is 4.98 Å². The van der Waals surface area contributed by atoms with Gasteiger partial charge >= 0.3 is 0 Å². The highest BCUT2D eigenvalue weighted by Crippen LogP contribution is 2.48. The first kappa shape index (κ1) is 34.3. The number of fused-ring (bicyclic) bond motifs is 2. The van der Waals surface area contributed by atoms with Crippen LogP contribution < -0.4 is 5.73 Å². The number of nitrogens with zero attached hydrogens (tertiary/aromatic N) is 2. The van der Waals surface area contributed by atoms with Crippen LogP contribution in [-0.4, -0.2) is 38.0 Å².